The Morgan fingerprint density at radius 1 is 1.64 bits per heavy atom. The van der Waals surface area contributed by atoms with Crippen molar-refractivity contribution in [2.75, 3.05) is 19.6 Å². The molecular weight excluding hydrogens is 182 g/mol. The van der Waals surface area contributed by atoms with E-state index < -0.39 is 11.6 Å². The topological polar surface area (TPSA) is 60.8 Å². The molecule has 1 aliphatic heterocycles. The molecule has 1 saturated heterocycles. The molecule has 0 saturated carbocycles. The highest BCUT2D eigenvalue weighted by molar-refractivity contribution is 5.76. The first kappa shape index (κ1) is 11.5. The summed E-state index contributed by atoms with van der Waals surface area (Å²) in [7, 11) is 0. The number of hydrogen-bond acceptors (Lipinski definition) is 3. The Balaban J connectivity index is 2.47. The first-order valence-electron chi connectivity index (χ1n) is 5.10. The van der Waals surface area contributed by atoms with Crippen LogP contribution in [-0.4, -0.2) is 46.3 Å². The van der Waals surface area contributed by atoms with Crippen LogP contribution in [0.5, 0.6) is 0 Å². The molecule has 2 unspecified atom stereocenters. The maximum atomic E-state index is 10.7. The zero-order valence-corrected chi connectivity index (χ0v) is 8.86. The fourth-order valence-corrected chi connectivity index (χ4v) is 1.93. The Morgan fingerprint density at radius 2 is 2.29 bits per heavy atom. The lowest BCUT2D eigenvalue weighted by molar-refractivity contribution is -0.158. The summed E-state index contributed by atoms with van der Waals surface area (Å²) in [6.07, 6.45) is 2.29. The third-order valence-corrected chi connectivity index (χ3v) is 2.73. The zero-order chi connectivity index (χ0) is 10.8. The summed E-state index contributed by atoms with van der Waals surface area (Å²) in [5.41, 5.74) is -1.61. The van der Waals surface area contributed by atoms with Crippen LogP contribution >= 0.6 is 0 Å². The molecule has 1 heterocycles. The summed E-state index contributed by atoms with van der Waals surface area (Å²) in [5.74, 6) is -0.538. The second-order valence-corrected chi connectivity index (χ2v) is 4.56. The number of carboxylic acid groups (broad SMARTS) is 1. The Morgan fingerprint density at radius 3 is 2.79 bits per heavy atom. The molecule has 14 heavy (non-hydrogen) atoms. The Labute approximate surface area is 84.5 Å². The Bertz CT molecular complexity index is 215. The number of carboxylic acids is 1. The number of likely N-dealkylation sites (tertiary alicyclic amines) is 1. The van der Waals surface area contributed by atoms with Crippen molar-refractivity contribution in [1.82, 2.24) is 4.90 Å². The predicted molar refractivity (Wildman–Crippen MR) is 53.1 cm³/mol. The van der Waals surface area contributed by atoms with Gasteiger partial charge in [-0.2, -0.15) is 0 Å². The number of rotatable bonds is 3. The van der Waals surface area contributed by atoms with Crippen LogP contribution in [0.2, 0.25) is 0 Å². The summed E-state index contributed by atoms with van der Waals surface area (Å²) < 4.78 is 0. The molecule has 0 aromatic heterocycles. The van der Waals surface area contributed by atoms with E-state index in [4.69, 9.17) is 5.11 Å². The summed E-state index contributed by atoms with van der Waals surface area (Å²) in [5, 5.41) is 18.4. The normalized spacial score (nSPS) is 28.4. The maximum Gasteiger partial charge on any atom is 0.336 e. The van der Waals surface area contributed by atoms with E-state index in [1.54, 1.807) is 0 Å². The first-order chi connectivity index (χ1) is 6.42. The standard InChI is InChI=1S/C10H19NO3/c1-8-4-3-5-11(6-8)7-10(2,14)9(12)13/h8,14H,3-7H2,1-2H3,(H,12,13). The van der Waals surface area contributed by atoms with Gasteiger partial charge in [0.2, 0.25) is 0 Å². The summed E-state index contributed by atoms with van der Waals surface area (Å²) in [4.78, 5) is 12.7. The molecule has 1 rings (SSSR count). The molecule has 82 valence electrons. The summed E-state index contributed by atoms with van der Waals surface area (Å²) in [6, 6.07) is 0. The molecular formula is C10H19NO3. The minimum absolute atomic E-state index is 0.229. The predicted octanol–water partition coefficient (Wildman–Crippen LogP) is 0.554. The van der Waals surface area contributed by atoms with E-state index in [1.165, 1.54) is 13.3 Å². The van der Waals surface area contributed by atoms with Crippen molar-refractivity contribution in [3.8, 4) is 0 Å². The molecule has 2 N–H and O–H groups in total. The van der Waals surface area contributed by atoms with Crippen molar-refractivity contribution in [3.63, 3.8) is 0 Å². The highest BCUT2D eigenvalue weighted by Gasteiger charge is 2.33. The lowest BCUT2D eigenvalue weighted by Crippen LogP contribution is -2.49. The SMILES string of the molecule is CC1CCCN(CC(C)(O)C(=O)O)C1. The van der Waals surface area contributed by atoms with Gasteiger partial charge in [-0.25, -0.2) is 4.79 Å². The molecule has 0 aromatic rings. The van der Waals surface area contributed by atoms with Gasteiger partial charge in [0.05, 0.1) is 0 Å². The van der Waals surface area contributed by atoms with Crippen LogP contribution in [0.25, 0.3) is 0 Å². The van der Waals surface area contributed by atoms with Crippen LogP contribution in [0.1, 0.15) is 26.7 Å². The van der Waals surface area contributed by atoms with Crippen LogP contribution in [-0.2, 0) is 4.79 Å². The molecule has 0 spiro atoms. The summed E-state index contributed by atoms with van der Waals surface area (Å²) >= 11 is 0. The second-order valence-electron chi connectivity index (χ2n) is 4.56. The monoisotopic (exact) mass is 201 g/mol. The van der Waals surface area contributed by atoms with Crippen LogP contribution in [0.4, 0.5) is 0 Å². The Hall–Kier alpha value is -0.610. The third-order valence-electron chi connectivity index (χ3n) is 2.73. The average molecular weight is 201 g/mol. The Kier molecular flexibility index (Phi) is 3.50. The van der Waals surface area contributed by atoms with Crippen molar-refractivity contribution < 1.29 is 15.0 Å². The number of piperidine rings is 1. The third kappa shape index (κ3) is 2.96. The number of nitrogens with zero attached hydrogens (tertiary/aromatic N) is 1. The molecule has 0 radical (unpaired) electrons. The molecule has 0 amide bonds. The second kappa shape index (κ2) is 4.28. The largest absolute Gasteiger partial charge is 0.479 e. The van der Waals surface area contributed by atoms with Gasteiger partial charge in [-0.15, -0.1) is 0 Å². The number of hydrogen-bond donors (Lipinski definition) is 2. The quantitative estimate of drug-likeness (QED) is 0.700. The average Bonchev–Trinajstić information content (AvgIpc) is 2.02. The molecule has 1 aliphatic rings. The van der Waals surface area contributed by atoms with Gasteiger partial charge in [0.25, 0.3) is 0 Å². The van der Waals surface area contributed by atoms with Crippen molar-refractivity contribution in [1.29, 1.82) is 0 Å². The molecule has 4 heteroatoms. The van der Waals surface area contributed by atoms with E-state index in [1.807, 2.05) is 4.90 Å². The van der Waals surface area contributed by atoms with Gasteiger partial charge in [-0.05, 0) is 32.2 Å². The fraction of sp³-hybridized carbons (Fsp3) is 0.900. The van der Waals surface area contributed by atoms with E-state index in [0.29, 0.717) is 5.92 Å². The van der Waals surface area contributed by atoms with Crippen molar-refractivity contribution >= 4 is 5.97 Å². The van der Waals surface area contributed by atoms with Gasteiger partial charge >= 0.3 is 5.97 Å². The molecule has 2 atom stereocenters. The van der Waals surface area contributed by atoms with Crippen LogP contribution in [0, 0.1) is 5.92 Å². The highest BCUT2D eigenvalue weighted by atomic mass is 16.4. The van der Waals surface area contributed by atoms with Crippen molar-refractivity contribution in [2.24, 2.45) is 5.92 Å². The minimum Gasteiger partial charge on any atom is -0.479 e. The van der Waals surface area contributed by atoms with Gasteiger partial charge in [-0.3, -0.25) is 4.90 Å². The van der Waals surface area contributed by atoms with Gasteiger partial charge in [-0.1, -0.05) is 6.92 Å². The smallest absolute Gasteiger partial charge is 0.336 e. The van der Waals surface area contributed by atoms with E-state index in [0.717, 1.165) is 19.5 Å². The van der Waals surface area contributed by atoms with Gasteiger partial charge in [0.1, 0.15) is 0 Å². The van der Waals surface area contributed by atoms with Crippen LogP contribution in [0.3, 0.4) is 0 Å². The van der Waals surface area contributed by atoms with E-state index in [-0.39, 0.29) is 6.54 Å². The van der Waals surface area contributed by atoms with Gasteiger partial charge in [0.15, 0.2) is 5.60 Å². The number of β-amino-alcohol motifs (C(OH)–C–C–N with tert-alkyl or cyclic N) is 1. The lowest BCUT2D eigenvalue weighted by Gasteiger charge is -2.34. The van der Waals surface area contributed by atoms with E-state index >= 15 is 0 Å². The van der Waals surface area contributed by atoms with Crippen LogP contribution < -0.4 is 0 Å². The number of carbonyl (C=O) groups is 1. The number of aliphatic hydroxyl groups is 1. The van der Waals surface area contributed by atoms with Crippen LogP contribution in [0.15, 0.2) is 0 Å². The summed E-state index contributed by atoms with van der Waals surface area (Å²) in [6.45, 7) is 5.53. The van der Waals surface area contributed by atoms with Gasteiger partial charge < -0.3 is 10.2 Å². The fourth-order valence-electron chi connectivity index (χ4n) is 1.93. The highest BCUT2D eigenvalue weighted by Crippen LogP contribution is 2.17. The van der Waals surface area contributed by atoms with Crippen molar-refractivity contribution in [2.45, 2.75) is 32.3 Å². The molecule has 0 bridgehead atoms. The molecule has 1 fully saturated rings. The van der Waals surface area contributed by atoms with Crippen molar-refractivity contribution in [3.05, 3.63) is 0 Å². The maximum absolute atomic E-state index is 10.7. The van der Waals surface area contributed by atoms with Gasteiger partial charge in [0, 0.05) is 13.1 Å². The minimum atomic E-state index is -1.61. The molecule has 4 nitrogen and oxygen atoms in total. The lowest BCUT2D eigenvalue weighted by atomic mass is 9.98. The van der Waals surface area contributed by atoms with E-state index in [9.17, 15) is 9.90 Å². The number of aliphatic carboxylic acids is 1. The van der Waals surface area contributed by atoms with E-state index in [2.05, 4.69) is 6.92 Å². The first-order valence-corrected chi connectivity index (χ1v) is 5.10. The molecule has 0 aromatic carbocycles. The zero-order valence-electron chi connectivity index (χ0n) is 8.86. The molecule has 0 aliphatic carbocycles.